The van der Waals surface area contributed by atoms with Crippen LogP contribution in [0.5, 0.6) is 0 Å². The summed E-state index contributed by atoms with van der Waals surface area (Å²) in [6.45, 7) is 6.37. The minimum Gasteiger partial charge on any atom is -0.381 e. The predicted octanol–water partition coefficient (Wildman–Crippen LogP) is 1.82. The molecule has 4 nitrogen and oxygen atoms in total. The molecule has 0 aromatic rings. The lowest BCUT2D eigenvalue weighted by Crippen LogP contribution is -2.05. The van der Waals surface area contributed by atoms with E-state index in [2.05, 4.69) is 6.92 Å². The molecule has 0 saturated heterocycles. The molecule has 96 valence electrons. The Morgan fingerprint density at radius 1 is 0.812 bits per heavy atom. The second-order valence-corrected chi connectivity index (χ2v) is 3.50. The molecule has 0 amide bonds. The summed E-state index contributed by atoms with van der Waals surface area (Å²) < 4.78 is 15.9. The quantitative estimate of drug-likeness (QED) is 0.359. The highest BCUT2D eigenvalue weighted by Gasteiger charge is 1.91. The Hall–Kier alpha value is -0.450. The molecule has 16 heavy (non-hydrogen) atoms. The van der Waals surface area contributed by atoms with Crippen molar-refractivity contribution in [1.29, 1.82) is 0 Å². The summed E-state index contributed by atoms with van der Waals surface area (Å²) in [5.41, 5.74) is 0. The lowest BCUT2D eigenvalue weighted by Gasteiger charge is -2.05. The van der Waals surface area contributed by atoms with E-state index in [1.54, 1.807) is 0 Å². The Bertz CT molecular complexity index is 139. The van der Waals surface area contributed by atoms with Gasteiger partial charge in [-0.1, -0.05) is 6.92 Å². The fourth-order valence-electron chi connectivity index (χ4n) is 1.11. The average Bonchev–Trinajstić information content (AvgIpc) is 2.31. The number of carbonyl (C=O) groups excluding carboxylic acids is 1. The first kappa shape index (κ1) is 15.6. The predicted molar refractivity (Wildman–Crippen MR) is 62.7 cm³/mol. The Morgan fingerprint density at radius 2 is 1.31 bits per heavy atom. The van der Waals surface area contributed by atoms with Crippen molar-refractivity contribution in [1.82, 2.24) is 0 Å². The van der Waals surface area contributed by atoms with Crippen LogP contribution in [-0.2, 0) is 19.0 Å². The highest BCUT2D eigenvalue weighted by atomic mass is 16.5. The van der Waals surface area contributed by atoms with E-state index in [1.165, 1.54) is 0 Å². The molecule has 0 rings (SSSR count). The van der Waals surface area contributed by atoms with Crippen LogP contribution in [0.2, 0.25) is 0 Å². The van der Waals surface area contributed by atoms with Gasteiger partial charge in [-0.25, -0.2) is 0 Å². The molecule has 0 atom stereocenters. The van der Waals surface area contributed by atoms with Crippen molar-refractivity contribution in [2.24, 2.45) is 0 Å². The maximum Gasteiger partial charge on any atom is 0.122 e. The first-order chi connectivity index (χ1) is 7.91. The molecule has 0 aromatic carbocycles. The molecule has 0 aliphatic rings. The third-order valence-electron chi connectivity index (χ3n) is 1.88. The van der Waals surface area contributed by atoms with E-state index in [1.807, 2.05) is 0 Å². The lowest BCUT2D eigenvalue weighted by molar-refractivity contribution is -0.108. The van der Waals surface area contributed by atoms with E-state index < -0.39 is 0 Å². The number of carbonyl (C=O) groups is 1. The second kappa shape index (κ2) is 14.6. The molecule has 0 saturated carbocycles. The molecule has 0 aliphatic carbocycles. The van der Waals surface area contributed by atoms with Gasteiger partial charge in [0.05, 0.1) is 6.61 Å². The monoisotopic (exact) mass is 232 g/mol. The van der Waals surface area contributed by atoms with E-state index in [9.17, 15) is 4.79 Å². The average molecular weight is 232 g/mol. The number of aldehydes is 1. The summed E-state index contributed by atoms with van der Waals surface area (Å²) >= 11 is 0. The molecule has 0 fully saturated rings. The van der Waals surface area contributed by atoms with E-state index in [4.69, 9.17) is 14.2 Å². The molecular weight excluding hydrogens is 208 g/mol. The molecule has 0 unspecified atom stereocenters. The minimum absolute atomic E-state index is 0.482. The van der Waals surface area contributed by atoms with Gasteiger partial charge in [-0.05, 0) is 19.3 Å². The van der Waals surface area contributed by atoms with E-state index in [-0.39, 0.29) is 0 Å². The molecule has 0 heterocycles. The normalized spacial score (nSPS) is 10.6. The first-order valence-corrected chi connectivity index (χ1v) is 6.08. The number of hydrogen-bond acceptors (Lipinski definition) is 4. The maximum atomic E-state index is 9.97. The van der Waals surface area contributed by atoms with Crippen molar-refractivity contribution >= 4 is 6.29 Å². The van der Waals surface area contributed by atoms with E-state index in [0.717, 1.165) is 52.0 Å². The van der Waals surface area contributed by atoms with Gasteiger partial charge < -0.3 is 19.0 Å². The topological polar surface area (TPSA) is 44.8 Å². The van der Waals surface area contributed by atoms with Crippen molar-refractivity contribution in [2.45, 2.75) is 32.6 Å². The Labute approximate surface area is 98.3 Å². The van der Waals surface area contributed by atoms with Crippen molar-refractivity contribution in [3.63, 3.8) is 0 Å². The van der Waals surface area contributed by atoms with Crippen LogP contribution >= 0.6 is 0 Å². The Kier molecular flexibility index (Phi) is 14.1. The second-order valence-electron chi connectivity index (χ2n) is 3.50. The van der Waals surface area contributed by atoms with Crippen LogP contribution in [0.1, 0.15) is 32.6 Å². The number of ether oxygens (including phenoxy) is 3. The van der Waals surface area contributed by atoms with Crippen LogP contribution in [0, 0.1) is 0 Å². The van der Waals surface area contributed by atoms with Crippen LogP contribution in [-0.4, -0.2) is 45.9 Å². The Balaban J connectivity index is 2.85. The summed E-state index contributed by atoms with van der Waals surface area (Å²) in [5, 5.41) is 0. The van der Waals surface area contributed by atoms with Crippen molar-refractivity contribution in [2.75, 3.05) is 39.6 Å². The fraction of sp³-hybridized carbons (Fsp3) is 0.917. The van der Waals surface area contributed by atoms with Gasteiger partial charge in [0.25, 0.3) is 0 Å². The molecule has 0 radical (unpaired) electrons. The highest BCUT2D eigenvalue weighted by Crippen LogP contribution is 1.90. The zero-order valence-electron chi connectivity index (χ0n) is 10.3. The van der Waals surface area contributed by atoms with Crippen molar-refractivity contribution in [3.8, 4) is 0 Å². The molecule has 0 spiro atoms. The largest absolute Gasteiger partial charge is 0.381 e. The highest BCUT2D eigenvalue weighted by molar-refractivity contribution is 5.49. The smallest absolute Gasteiger partial charge is 0.122 e. The third kappa shape index (κ3) is 13.5. The maximum absolute atomic E-state index is 9.97. The number of hydrogen-bond donors (Lipinski definition) is 0. The zero-order chi connectivity index (χ0) is 11.9. The summed E-state index contributed by atoms with van der Waals surface area (Å²) in [7, 11) is 0. The lowest BCUT2D eigenvalue weighted by atomic mass is 10.4. The first-order valence-electron chi connectivity index (χ1n) is 6.08. The number of rotatable bonds is 13. The van der Waals surface area contributed by atoms with Gasteiger partial charge >= 0.3 is 0 Å². The van der Waals surface area contributed by atoms with Gasteiger partial charge in [0.15, 0.2) is 0 Å². The summed E-state index contributed by atoms with van der Waals surface area (Å²) in [4.78, 5) is 9.97. The van der Waals surface area contributed by atoms with Gasteiger partial charge in [0, 0.05) is 39.5 Å². The van der Waals surface area contributed by atoms with Crippen molar-refractivity contribution in [3.05, 3.63) is 0 Å². The summed E-state index contributed by atoms with van der Waals surface area (Å²) in [6.07, 6.45) is 4.25. The Morgan fingerprint density at radius 3 is 1.81 bits per heavy atom. The molecule has 0 bridgehead atoms. The van der Waals surface area contributed by atoms with Crippen LogP contribution in [0.25, 0.3) is 0 Å². The van der Waals surface area contributed by atoms with Crippen LogP contribution in [0.4, 0.5) is 0 Å². The van der Waals surface area contributed by atoms with Gasteiger partial charge in [0.1, 0.15) is 6.29 Å². The third-order valence-corrected chi connectivity index (χ3v) is 1.88. The van der Waals surface area contributed by atoms with Crippen molar-refractivity contribution < 1.29 is 19.0 Å². The fourth-order valence-corrected chi connectivity index (χ4v) is 1.11. The van der Waals surface area contributed by atoms with E-state index >= 15 is 0 Å². The molecule has 0 N–H and O–H groups in total. The van der Waals surface area contributed by atoms with Crippen LogP contribution in [0.15, 0.2) is 0 Å². The van der Waals surface area contributed by atoms with Gasteiger partial charge in [-0.2, -0.15) is 0 Å². The SMILES string of the molecule is CCCOCCCOCCCOCCC=O. The van der Waals surface area contributed by atoms with Gasteiger partial charge in [-0.3, -0.25) is 0 Å². The van der Waals surface area contributed by atoms with E-state index in [0.29, 0.717) is 19.6 Å². The molecular formula is C12H24O4. The molecule has 0 aliphatic heterocycles. The van der Waals surface area contributed by atoms with Gasteiger partial charge in [-0.15, -0.1) is 0 Å². The summed E-state index contributed by atoms with van der Waals surface area (Å²) in [6, 6.07) is 0. The van der Waals surface area contributed by atoms with Gasteiger partial charge in [0.2, 0.25) is 0 Å². The minimum atomic E-state index is 0.482. The summed E-state index contributed by atoms with van der Waals surface area (Å²) in [5.74, 6) is 0. The zero-order valence-corrected chi connectivity index (χ0v) is 10.3. The standard InChI is InChI=1S/C12H24O4/c1-2-7-14-9-4-11-16-12-5-10-15-8-3-6-13/h6H,2-5,7-12H2,1H3. The molecule has 4 heteroatoms. The molecule has 0 aromatic heterocycles. The van der Waals surface area contributed by atoms with Crippen LogP contribution < -0.4 is 0 Å². The van der Waals surface area contributed by atoms with Crippen LogP contribution in [0.3, 0.4) is 0 Å².